The van der Waals surface area contributed by atoms with Crippen molar-refractivity contribution in [2.24, 2.45) is 10.7 Å². The van der Waals surface area contributed by atoms with Crippen LogP contribution in [0.15, 0.2) is 23.2 Å². The first-order valence-electron chi connectivity index (χ1n) is 5.83. The fourth-order valence-corrected chi connectivity index (χ4v) is 2.00. The molecule has 0 spiro atoms. The van der Waals surface area contributed by atoms with Gasteiger partial charge in [-0.2, -0.15) is 13.2 Å². The molecule has 2 heterocycles. The Balaban J connectivity index is 2.17. The van der Waals surface area contributed by atoms with Crippen LogP contribution in [0.4, 0.5) is 13.2 Å². The summed E-state index contributed by atoms with van der Waals surface area (Å²) in [7, 11) is 0. The molecule has 1 aromatic carbocycles. The molecule has 9 heteroatoms. The van der Waals surface area contributed by atoms with Crippen LogP contribution in [0.2, 0.25) is 0 Å². The Hall–Kier alpha value is -2.71. The number of carbonyl (C=O) groups excluding carboxylic acids is 1. The Morgan fingerprint density at radius 1 is 1.33 bits per heavy atom. The maximum Gasteiger partial charge on any atom is 0.416 e. The maximum absolute atomic E-state index is 12.7. The zero-order valence-corrected chi connectivity index (χ0v) is 10.4. The number of rotatable bonds is 1. The number of carbonyl (C=O) groups is 1. The minimum Gasteiger partial charge on any atom is -0.363 e. The molecule has 1 amide bonds. The first kappa shape index (κ1) is 13.3. The molecule has 0 saturated heterocycles. The van der Waals surface area contributed by atoms with Crippen LogP contribution in [0, 0.1) is 0 Å². The van der Waals surface area contributed by atoms with E-state index >= 15 is 0 Å². The van der Waals surface area contributed by atoms with Gasteiger partial charge in [0.1, 0.15) is 0 Å². The highest BCUT2D eigenvalue weighted by Gasteiger charge is 2.31. The third kappa shape index (κ3) is 2.26. The van der Waals surface area contributed by atoms with E-state index in [0.29, 0.717) is 11.5 Å². The summed E-state index contributed by atoms with van der Waals surface area (Å²) in [6, 6.07) is 3.17. The lowest BCUT2D eigenvalue weighted by atomic mass is 10.1. The van der Waals surface area contributed by atoms with Crippen LogP contribution in [-0.4, -0.2) is 26.9 Å². The van der Waals surface area contributed by atoms with Gasteiger partial charge in [0, 0.05) is 11.8 Å². The van der Waals surface area contributed by atoms with E-state index in [2.05, 4.69) is 15.1 Å². The van der Waals surface area contributed by atoms with Crippen molar-refractivity contribution in [2.75, 3.05) is 0 Å². The fraction of sp³-hybridized carbons (Fsp3) is 0.167. The highest BCUT2D eigenvalue weighted by Crippen LogP contribution is 2.31. The molecule has 2 aromatic rings. The minimum atomic E-state index is -4.45. The van der Waals surface area contributed by atoms with Gasteiger partial charge in [-0.25, -0.2) is 9.67 Å². The van der Waals surface area contributed by atoms with E-state index in [1.54, 1.807) is 0 Å². The molecular weight excluding hydrogens is 287 g/mol. The molecule has 2 N–H and O–H groups in total. The van der Waals surface area contributed by atoms with Crippen molar-refractivity contribution in [2.45, 2.75) is 12.7 Å². The molecule has 0 aliphatic carbocycles. The Bertz CT molecular complexity index is 763. The van der Waals surface area contributed by atoms with Crippen LogP contribution in [0.25, 0.3) is 5.69 Å². The zero-order chi connectivity index (χ0) is 15.2. The fourth-order valence-electron chi connectivity index (χ4n) is 2.00. The highest BCUT2D eigenvalue weighted by molar-refractivity contribution is 5.89. The van der Waals surface area contributed by atoms with E-state index in [4.69, 9.17) is 5.73 Å². The summed E-state index contributed by atoms with van der Waals surface area (Å²) in [5.41, 5.74) is 4.92. The molecular formula is C12H8F3N5O. The number of amides is 1. The monoisotopic (exact) mass is 295 g/mol. The van der Waals surface area contributed by atoms with Crippen molar-refractivity contribution in [3.63, 3.8) is 0 Å². The van der Waals surface area contributed by atoms with Crippen LogP contribution < -0.4 is 5.73 Å². The molecule has 1 aliphatic rings. The summed E-state index contributed by atoms with van der Waals surface area (Å²) in [6.45, 7) is 0.0936. The SMILES string of the molecule is NC(=O)c1nc2n(n1)-c1ccc(C(F)(F)F)cc1C=NC2. The maximum atomic E-state index is 12.7. The molecule has 0 atom stereocenters. The smallest absolute Gasteiger partial charge is 0.363 e. The van der Waals surface area contributed by atoms with Gasteiger partial charge in [-0.05, 0) is 18.2 Å². The number of hydrogen-bond acceptors (Lipinski definition) is 4. The molecule has 0 unspecified atom stereocenters. The number of nitrogens with two attached hydrogens (primary N) is 1. The van der Waals surface area contributed by atoms with E-state index in [1.807, 2.05) is 0 Å². The van der Waals surface area contributed by atoms with Crippen molar-refractivity contribution in [3.05, 3.63) is 41.0 Å². The number of alkyl halides is 3. The van der Waals surface area contributed by atoms with E-state index < -0.39 is 17.6 Å². The molecule has 0 bridgehead atoms. The van der Waals surface area contributed by atoms with Gasteiger partial charge in [0.2, 0.25) is 5.82 Å². The number of benzene rings is 1. The summed E-state index contributed by atoms with van der Waals surface area (Å²) >= 11 is 0. The zero-order valence-electron chi connectivity index (χ0n) is 10.4. The van der Waals surface area contributed by atoms with Gasteiger partial charge in [-0.15, -0.1) is 5.10 Å². The number of hydrogen-bond donors (Lipinski definition) is 1. The molecule has 21 heavy (non-hydrogen) atoms. The number of aliphatic imine (C=N–C) groups is 1. The predicted molar refractivity (Wildman–Crippen MR) is 66.2 cm³/mol. The lowest BCUT2D eigenvalue weighted by molar-refractivity contribution is -0.137. The third-order valence-corrected chi connectivity index (χ3v) is 2.94. The largest absolute Gasteiger partial charge is 0.416 e. The third-order valence-electron chi connectivity index (χ3n) is 2.94. The summed E-state index contributed by atoms with van der Waals surface area (Å²) in [6.07, 6.45) is -3.12. The average Bonchev–Trinajstić information content (AvgIpc) is 2.75. The summed E-state index contributed by atoms with van der Waals surface area (Å²) < 4.78 is 39.5. The van der Waals surface area contributed by atoms with Crippen LogP contribution >= 0.6 is 0 Å². The molecule has 0 saturated carbocycles. The van der Waals surface area contributed by atoms with Crippen molar-refractivity contribution < 1.29 is 18.0 Å². The minimum absolute atomic E-state index is 0.0936. The quantitative estimate of drug-likeness (QED) is 0.860. The second kappa shape index (κ2) is 4.40. The topological polar surface area (TPSA) is 86.2 Å². The number of aromatic nitrogens is 3. The Morgan fingerprint density at radius 3 is 2.76 bits per heavy atom. The number of fused-ring (bicyclic) bond motifs is 3. The molecule has 1 aliphatic heterocycles. The first-order chi connectivity index (χ1) is 9.86. The van der Waals surface area contributed by atoms with Crippen molar-refractivity contribution in [1.29, 1.82) is 0 Å². The van der Waals surface area contributed by atoms with Crippen molar-refractivity contribution in [3.8, 4) is 5.69 Å². The predicted octanol–water partition coefficient (Wildman–Crippen LogP) is 1.32. The van der Waals surface area contributed by atoms with Crippen molar-refractivity contribution >= 4 is 12.1 Å². The van der Waals surface area contributed by atoms with Gasteiger partial charge in [0.15, 0.2) is 5.82 Å². The lowest BCUT2D eigenvalue weighted by Gasteiger charge is -2.10. The number of primary amides is 1. The summed E-state index contributed by atoms with van der Waals surface area (Å²) in [5, 5.41) is 3.91. The first-order valence-corrected chi connectivity index (χ1v) is 5.83. The van der Waals surface area contributed by atoms with Gasteiger partial charge < -0.3 is 5.73 Å². The van der Waals surface area contributed by atoms with Gasteiger partial charge in [-0.1, -0.05) is 0 Å². The van der Waals surface area contributed by atoms with Crippen LogP contribution in [0.3, 0.4) is 0 Å². The van der Waals surface area contributed by atoms with E-state index in [-0.39, 0.29) is 17.9 Å². The van der Waals surface area contributed by atoms with Crippen LogP contribution in [0.5, 0.6) is 0 Å². The molecule has 0 radical (unpaired) electrons. The number of nitrogens with zero attached hydrogens (tertiary/aromatic N) is 4. The summed E-state index contributed by atoms with van der Waals surface area (Å²) in [5.74, 6) is -0.681. The van der Waals surface area contributed by atoms with Gasteiger partial charge >= 0.3 is 6.18 Å². The van der Waals surface area contributed by atoms with Crippen LogP contribution in [-0.2, 0) is 12.7 Å². The van der Waals surface area contributed by atoms with Crippen molar-refractivity contribution in [1.82, 2.24) is 14.8 Å². The number of halogens is 3. The van der Waals surface area contributed by atoms with E-state index in [9.17, 15) is 18.0 Å². The molecule has 0 fully saturated rings. The normalized spacial score (nSPS) is 13.5. The Kier molecular flexibility index (Phi) is 2.78. The standard InChI is InChI=1S/C12H8F3N5O/c13-12(14,15)7-1-2-8-6(3-7)4-17-5-9-18-11(10(16)21)19-20(8)9/h1-4H,5H2,(H2,16,21). The van der Waals surface area contributed by atoms with Gasteiger partial charge in [0.25, 0.3) is 5.91 Å². The molecule has 1 aromatic heterocycles. The van der Waals surface area contributed by atoms with E-state index in [1.165, 1.54) is 17.0 Å². The molecule has 108 valence electrons. The van der Waals surface area contributed by atoms with E-state index in [0.717, 1.165) is 12.1 Å². The second-order valence-electron chi connectivity index (χ2n) is 4.37. The van der Waals surface area contributed by atoms with Crippen LogP contribution in [0.1, 0.15) is 27.6 Å². The Morgan fingerprint density at radius 2 is 2.10 bits per heavy atom. The highest BCUT2D eigenvalue weighted by atomic mass is 19.4. The average molecular weight is 295 g/mol. The Labute approximate surface area is 116 Å². The molecule has 3 rings (SSSR count). The van der Waals surface area contributed by atoms with Gasteiger partial charge in [0.05, 0.1) is 17.8 Å². The second-order valence-corrected chi connectivity index (χ2v) is 4.37. The lowest BCUT2D eigenvalue weighted by Crippen LogP contribution is -2.14. The summed E-state index contributed by atoms with van der Waals surface area (Å²) in [4.78, 5) is 19.0. The van der Waals surface area contributed by atoms with Gasteiger partial charge in [-0.3, -0.25) is 9.79 Å². The molecule has 6 nitrogen and oxygen atoms in total.